The zero-order valence-corrected chi connectivity index (χ0v) is 15.1. The molecule has 0 saturated heterocycles. The summed E-state index contributed by atoms with van der Waals surface area (Å²) in [5, 5.41) is 49.6. The Bertz CT molecular complexity index is 1510. The predicted octanol–water partition coefficient (Wildman–Crippen LogP) is 1.49. The van der Waals surface area contributed by atoms with Gasteiger partial charge in [-0.1, -0.05) is 0 Å². The van der Waals surface area contributed by atoms with Crippen molar-refractivity contribution in [2.45, 2.75) is 5.92 Å². The van der Waals surface area contributed by atoms with Crippen molar-refractivity contribution in [3.8, 4) is 41.7 Å². The molecule has 2 bridgehead atoms. The minimum absolute atomic E-state index is 0.00417. The Labute approximate surface area is 173 Å². The average Bonchev–Trinajstić information content (AvgIpc) is 3.07. The molecule has 4 rings (SSSR count). The smallest absolute Gasteiger partial charge is 0.177 e. The molecule has 0 aromatic carbocycles. The van der Waals surface area contributed by atoms with Crippen LogP contribution in [0.3, 0.4) is 0 Å². The van der Waals surface area contributed by atoms with Crippen molar-refractivity contribution in [1.82, 2.24) is 19.9 Å². The minimum atomic E-state index is -0.841. The van der Waals surface area contributed by atoms with E-state index in [9.17, 15) is 31.2 Å². The minimum Gasteiger partial charge on any atom is -0.236 e. The summed E-state index contributed by atoms with van der Waals surface area (Å²) in [4.78, 5) is 32.2. The first kappa shape index (κ1) is 18.7. The van der Waals surface area contributed by atoms with Crippen molar-refractivity contribution in [2.75, 3.05) is 0 Å². The SMILES string of the molecule is N#CC1=NC2=CC(C=C1N=O)c1nc(C#N)c(C#N)nc1-c1nc(C#N)c(C#N)nc12. The fraction of sp³-hybridized carbons (Fsp3) is 0.0526. The monoisotopic (exact) mass is 401 g/mol. The number of aromatic nitrogens is 4. The Hall–Kier alpha value is -5.64. The summed E-state index contributed by atoms with van der Waals surface area (Å²) in [6.45, 7) is 0. The molecule has 2 aromatic rings. The van der Waals surface area contributed by atoms with E-state index in [-0.39, 0.29) is 62.7 Å². The van der Waals surface area contributed by atoms with Gasteiger partial charge in [-0.2, -0.15) is 26.3 Å². The highest BCUT2D eigenvalue weighted by Gasteiger charge is 2.32. The predicted molar refractivity (Wildman–Crippen MR) is 99.6 cm³/mol. The lowest BCUT2D eigenvalue weighted by Crippen LogP contribution is -2.10. The average molecular weight is 401 g/mol. The number of fused-ring (bicyclic) bond motifs is 6. The molecule has 1 atom stereocenters. The Morgan fingerprint density at radius 3 is 1.81 bits per heavy atom. The Balaban J connectivity index is 2.20. The topological polar surface area (TPSA) is 212 Å². The number of rotatable bonds is 1. The van der Waals surface area contributed by atoms with Crippen molar-refractivity contribution < 1.29 is 0 Å². The summed E-state index contributed by atoms with van der Waals surface area (Å²) in [6, 6.07) is 8.87. The first-order valence-electron chi connectivity index (χ1n) is 8.29. The van der Waals surface area contributed by atoms with Gasteiger partial charge in [0.05, 0.1) is 11.4 Å². The summed E-state index contributed by atoms with van der Waals surface area (Å²) in [5.41, 5.74) is -1.50. The lowest BCUT2D eigenvalue weighted by molar-refractivity contribution is 0.947. The molecule has 0 N–H and O–H groups in total. The van der Waals surface area contributed by atoms with Crippen molar-refractivity contribution in [1.29, 1.82) is 26.3 Å². The van der Waals surface area contributed by atoms with E-state index in [1.807, 2.05) is 0 Å². The molecule has 2 aromatic heterocycles. The van der Waals surface area contributed by atoms with Crippen LogP contribution in [0, 0.1) is 61.6 Å². The van der Waals surface area contributed by atoms with E-state index in [4.69, 9.17) is 0 Å². The molecular weight excluding hydrogens is 398 g/mol. The maximum absolute atomic E-state index is 11.3. The molecule has 0 amide bonds. The molecule has 1 unspecified atom stereocenters. The number of nitroso groups, excluding NO2 is 1. The van der Waals surface area contributed by atoms with E-state index >= 15 is 0 Å². The number of nitrogens with zero attached hydrogens (tertiary/aromatic N) is 11. The lowest BCUT2D eigenvalue weighted by Gasteiger charge is -2.12. The lowest BCUT2D eigenvalue weighted by atomic mass is 10.0. The maximum atomic E-state index is 11.3. The highest BCUT2D eigenvalue weighted by atomic mass is 16.3. The Morgan fingerprint density at radius 1 is 0.710 bits per heavy atom. The van der Waals surface area contributed by atoms with Gasteiger partial charge < -0.3 is 0 Å². The van der Waals surface area contributed by atoms with Gasteiger partial charge in [-0.15, -0.1) is 4.91 Å². The summed E-state index contributed by atoms with van der Waals surface area (Å²) < 4.78 is 0. The van der Waals surface area contributed by atoms with Crippen LogP contribution in [-0.2, 0) is 0 Å². The number of nitriles is 5. The van der Waals surface area contributed by atoms with Crippen molar-refractivity contribution >= 4 is 11.4 Å². The molecule has 0 spiro atoms. The molecule has 12 heteroatoms. The van der Waals surface area contributed by atoms with Crippen LogP contribution in [0.15, 0.2) is 28.0 Å². The first-order chi connectivity index (χ1) is 15.1. The molecule has 140 valence electrons. The van der Waals surface area contributed by atoms with Gasteiger partial charge in [0.1, 0.15) is 53.1 Å². The van der Waals surface area contributed by atoms with E-state index in [0.29, 0.717) is 0 Å². The summed E-state index contributed by atoms with van der Waals surface area (Å²) >= 11 is 0. The highest BCUT2D eigenvalue weighted by Crippen LogP contribution is 2.40. The van der Waals surface area contributed by atoms with Crippen LogP contribution < -0.4 is 0 Å². The Kier molecular flexibility index (Phi) is 4.27. The van der Waals surface area contributed by atoms with Crippen molar-refractivity contribution in [2.24, 2.45) is 10.2 Å². The quantitative estimate of drug-likeness (QED) is 0.627. The molecule has 1 aliphatic heterocycles. The number of aliphatic imine (C=N–C) groups is 1. The van der Waals surface area contributed by atoms with Gasteiger partial charge >= 0.3 is 0 Å². The molecule has 0 fully saturated rings. The normalized spacial score (nSPS) is 15.3. The molecular formula is C19H3N11O. The zero-order valence-electron chi connectivity index (χ0n) is 15.1. The number of hydrogen-bond donors (Lipinski definition) is 0. The molecule has 2 aliphatic rings. The second kappa shape index (κ2) is 7.07. The van der Waals surface area contributed by atoms with Crippen LogP contribution in [0.1, 0.15) is 40.1 Å². The van der Waals surface area contributed by atoms with Gasteiger partial charge in [0.2, 0.25) is 0 Å². The summed E-state index contributed by atoms with van der Waals surface area (Å²) in [6.07, 6.45) is 2.80. The molecule has 3 heterocycles. The van der Waals surface area contributed by atoms with Gasteiger partial charge in [0, 0.05) is 5.92 Å². The third kappa shape index (κ3) is 2.77. The molecule has 31 heavy (non-hydrogen) atoms. The highest BCUT2D eigenvalue weighted by molar-refractivity contribution is 6.14. The van der Waals surface area contributed by atoms with Gasteiger partial charge in [0.15, 0.2) is 28.5 Å². The van der Waals surface area contributed by atoms with E-state index in [1.54, 1.807) is 30.3 Å². The summed E-state index contributed by atoms with van der Waals surface area (Å²) in [7, 11) is 0. The van der Waals surface area contributed by atoms with E-state index in [0.717, 1.165) is 0 Å². The summed E-state index contributed by atoms with van der Waals surface area (Å²) in [5.74, 6) is -0.841. The molecule has 1 aliphatic carbocycles. The van der Waals surface area contributed by atoms with Crippen LogP contribution >= 0.6 is 0 Å². The fourth-order valence-corrected chi connectivity index (χ4v) is 3.07. The fourth-order valence-electron chi connectivity index (χ4n) is 3.07. The van der Waals surface area contributed by atoms with Gasteiger partial charge in [-0.05, 0) is 17.3 Å². The number of hydrogen-bond acceptors (Lipinski definition) is 12. The van der Waals surface area contributed by atoms with Crippen LogP contribution in [-0.4, -0.2) is 25.6 Å². The third-order valence-electron chi connectivity index (χ3n) is 4.38. The van der Waals surface area contributed by atoms with Crippen LogP contribution in [0.25, 0.3) is 17.1 Å². The molecule has 0 saturated carbocycles. The van der Waals surface area contributed by atoms with Crippen LogP contribution in [0.4, 0.5) is 0 Å². The van der Waals surface area contributed by atoms with E-state index < -0.39 is 5.92 Å². The molecule has 0 radical (unpaired) electrons. The largest absolute Gasteiger partial charge is 0.236 e. The number of allylic oxidation sites excluding steroid dienone is 3. The first-order valence-corrected chi connectivity index (χ1v) is 8.29. The van der Waals surface area contributed by atoms with E-state index in [1.165, 1.54) is 12.2 Å². The van der Waals surface area contributed by atoms with E-state index in [2.05, 4.69) is 30.1 Å². The second-order valence-electron chi connectivity index (χ2n) is 6.01. The third-order valence-corrected chi connectivity index (χ3v) is 4.38. The zero-order chi connectivity index (χ0) is 22.1. The van der Waals surface area contributed by atoms with Crippen molar-refractivity contribution in [3.05, 3.63) is 56.9 Å². The maximum Gasteiger partial charge on any atom is 0.177 e. The van der Waals surface area contributed by atoms with Gasteiger partial charge in [0.25, 0.3) is 0 Å². The molecule has 12 nitrogen and oxygen atoms in total. The standard InChI is InChI=1S/C19H3N11O/c20-3-11-9(30-31)1-8-2-10(25-11)17-19(29-15(7-24)13(5-22)27-17)18-16(8)26-12(4-21)14(6-23)28-18/h1-2,8H. The van der Waals surface area contributed by atoms with Crippen LogP contribution in [0.2, 0.25) is 0 Å². The van der Waals surface area contributed by atoms with Crippen molar-refractivity contribution in [3.63, 3.8) is 0 Å². The second-order valence-corrected chi connectivity index (χ2v) is 6.01. The van der Waals surface area contributed by atoms with Gasteiger partial charge in [-0.25, -0.2) is 24.9 Å². The van der Waals surface area contributed by atoms with Crippen LogP contribution in [0.5, 0.6) is 0 Å². The Morgan fingerprint density at radius 2 is 1.26 bits per heavy atom. The van der Waals surface area contributed by atoms with Gasteiger partial charge in [-0.3, -0.25) is 0 Å².